The molecule has 2 N–H and O–H groups in total. The Morgan fingerprint density at radius 3 is 1.11 bits per heavy atom. The highest BCUT2D eigenvalue weighted by Crippen LogP contribution is 2.45. The van der Waals surface area contributed by atoms with Crippen LogP contribution in [0.25, 0.3) is 43.1 Å². The molecule has 0 unspecified atom stereocenters. The van der Waals surface area contributed by atoms with Gasteiger partial charge in [0, 0.05) is 10.8 Å². The summed E-state index contributed by atoms with van der Waals surface area (Å²) < 4.78 is 91.0. The number of hydrogen-bond acceptors (Lipinski definition) is 5. The Kier molecular flexibility index (Phi) is 7.15. The first-order chi connectivity index (χ1) is 22.1. The number of esters is 2. The lowest BCUT2D eigenvalue weighted by Crippen LogP contribution is -2.19. The molecule has 0 saturated carbocycles. The molecular weight excluding hydrogens is 634 g/mol. The molecule has 6 rings (SSSR count). The van der Waals surface area contributed by atoms with Gasteiger partial charge >= 0.3 is 36.2 Å². The fourth-order valence-electron chi connectivity index (χ4n) is 6.03. The third-order valence-corrected chi connectivity index (χ3v) is 7.72. The van der Waals surface area contributed by atoms with E-state index in [2.05, 4.69) is 0 Å². The van der Waals surface area contributed by atoms with Gasteiger partial charge in [0.15, 0.2) is 0 Å². The maximum atomic E-state index is 14.3. The summed E-state index contributed by atoms with van der Waals surface area (Å²) in [5.74, 6) is -7.33. The fourth-order valence-corrected chi connectivity index (χ4v) is 6.03. The van der Waals surface area contributed by atoms with Crippen LogP contribution in [-0.2, 0) is 17.1 Å². The van der Waals surface area contributed by atoms with Crippen molar-refractivity contribution in [3.8, 4) is 0 Å². The molecule has 236 valence electrons. The molecule has 6 aromatic carbocycles. The highest BCUT2D eigenvalue weighted by atomic mass is 19.4. The average Bonchev–Trinajstić information content (AvgIpc) is 3.01. The molecule has 0 fully saturated rings. The van der Waals surface area contributed by atoms with Gasteiger partial charge in [0.1, 0.15) is 0 Å². The molecule has 0 heterocycles. The summed E-state index contributed by atoms with van der Waals surface area (Å²) >= 11 is 0. The maximum absolute atomic E-state index is 14.3. The van der Waals surface area contributed by atoms with Crippen LogP contribution < -0.4 is 0 Å². The Bertz CT molecular complexity index is 2190. The van der Waals surface area contributed by atoms with Crippen LogP contribution in [0.4, 0.5) is 26.3 Å². The van der Waals surface area contributed by atoms with Gasteiger partial charge in [-0.25, -0.2) is 19.2 Å². The van der Waals surface area contributed by atoms with Crippen LogP contribution in [-0.4, -0.2) is 34.1 Å². The number of aromatic carboxylic acids is 2. The zero-order valence-corrected chi connectivity index (χ0v) is 23.3. The van der Waals surface area contributed by atoms with Crippen molar-refractivity contribution in [2.24, 2.45) is 0 Å². The van der Waals surface area contributed by atoms with E-state index >= 15 is 0 Å². The second-order valence-electron chi connectivity index (χ2n) is 10.3. The van der Waals surface area contributed by atoms with E-state index in [9.17, 15) is 55.7 Å². The molecule has 0 atom stereocenters. The van der Waals surface area contributed by atoms with Crippen molar-refractivity contribution in [2.75, 3.05) is 0 Å². The van der Waals surface area contributed by atoms with E-state index in [1.54, 1.807) is 0 Å². The zero-order valence-electron chi connectivity index (χ0n) is 23.3. The average molecular weight is 650 g/mol. The predicted octanol–water partition coefficient (Wildman–Crippen LogP) is 8.73. The third kappa shape index (κ3) is 4.96. The minimum atomic E-state index is -5.20. The third-order valence-electron chi connectivity index (χ3n) is 7.72. The number of rotatable bonds is 4. The highest BCUT2D eigenvalue weighted by molar-refractivity contribution is 6.26. The van der Waals surface area contributed by atoms with Crippen molar-refractivity contribution in [1.82, 2.24) is 0 Å². The van der Waals surface area contributed by atoms with Gasteiger partial charge in [-0.1, -0.05) is 72.8 Å². The number of halogens is 6. The van der Waals surface area contributed by atoms with Gasteiger partial charge in [-0.15, -0.1) is 0 Å². The zero-order chi connectivity index (χ0) is 34.0. The number of benzene rings is 6. The smallest absolute Gasteiger partial charge is 0.417 e. The molecule has 0 amide bonds. The molecule has 0 aliphatic heterocycles. The van der Waals surface area contributed by atoms with Gasteiger partial charge in [0.25, 0.3) is 0 Å². The summed E-state index contributed by atoms with van der Waals surface area (Å²) in [5, 5.41) is 17.3. The molecule has 47 heavy (non-hydrogen) atoms. The lowest BCUT2D eigenvalue weighted by molar-refractivity contribution is -0.137. The van der Waals surface area contributed by atoms with E-state index in [4.69, 9.17) is 4.74 Å². The van der Waals surface area contributed by atoms with Crippen molar-refractivity contribution in [3.63, 3.8) is 0 Å². The molecule has 6 aromatic rings. The van der Waals surface area contributed by atoms with E-state index in [1.807, 2.05) is 0 Å². The lowest BCUT2D eigenvalue weighted by Gasteiger charge is -2.19. The van der Waals surface area contributed by atoms with Crippen LogP contribution in [0.1, 0.15) is 52.6 Å². The van der Waals surface area contributed by atoms with Crippen molar-refractivity contribution in [1.29, 1.82) is 0 Å². The summed E-state index contributed by atoms with van der Waals surface area (Å²) in [6.45, 7) is 0. The van der Waals surface area contributed by atoms with Crippen molar-refractivity contribution in [2.45, 2.75) is 12.4 Å². The van der Waals surface area contributed by atoms with Crippen molar-refractivity contribution < 1.29 is 60.5 Å². The number of carbonyl (C=O) groups excluding carboxylic acids is 2. The predicted molar refractivity (Wildman–Crippen MR) is 157 cm³/mol. The topological polar surface area (TPSA) is 118 Å². The largest absolute Gasteiger partial charge is 0.478 e. The second kappa shape index (κ2) is 10.8. The van der Waals surface area contributed by atoms with E-state index in [-0.39, 0.29) is 21.5 Å². The maximum Gasteiger partial charge on any atom is 0.417 e. The van der Waals surface area contributed by atoms with Gasteiger partial charge in [0.2, 0.25) is 0 Å². The molecule has 0 bridgehead atoms. The Labute approximate surface area is 258 Å². The summed E-state index contributed by atoms with van der Waals surface area (Å²) in [4.78, 5) is 51.7. The molecule has 0 spiro atoms. The van der Waals surface area contributed by atoms with Crippen LogP contribution in [0.5, 0.6) is 0 Å². The summed E-state index contributed by atoms with van der Waals surface area (Å²) in [6.07, 6.45) is -10.4. The van der Waals surface area contributed by atoms with Gasteiger partial charge in [0.05, 0.1) is 33.4 Å². The summed E-state index contributed by atoms with van der Waals surface area (Å²) in [5.41, 5.74) is -7.19. The quantitative estimate of drug-likeness (QED) is 0.0848. The molecule has 0 saturated heterocycles. The summed E-state index contributed by atoms with van der Waals surface area (Å²) in [7, 11) is 0. The monoisotopic (exact) mass is 650 g/mol. The fraction of sp³-hybridized carbons (Fsp3) is 0.0588. The number of alkyl halides is 6. The summed E-state index contributed by atoms with van der Waals surface area (Å²) in [6, 6.07) is 16.9. The SMILES string of the molecule is O=C(OC(=O)c1cccc2c1c(C(=O)O)c(C(F)(F)F)c1ccccc12)c1cccc2c1c(C(=O)O)c(C(F)(F)F)c1ccccc12. The Hall–Kier alpha value is -5.98. The number of ether oxygens (including phenoxy) is 1. The Morgan fingerprint density at radius 1 is 0.468 bits per heavy atom. The first-order valence-electron chi connectivity index (χ1n) is 13.4. The number of carbonyl (C=O) groups is 4. The van der Waals surface area contributed by atoms with Crippen LogP contribution in [0.2, 0.25) is 0 Å². The standard InChI is InChI=1S/C34H16F6O7/c35-33(36,37)27-19-9-3-1-7-15(19)17-11-5-13-21(23(17)25(27)29(41)42)31(45)47-32(46)22-14-6-12-18-16-8-2-4-10-20(16)28(34(38,39)40)26(24(18)22)30(43)44/h1-14H,(H,41,42)(H,43,44). The number of carboxylic acid groups (broad SMARTS) is 2. The molecule has 7 nitrogen and oxygen atoms in total. The van der Waals surface area contributed by atoms with E-state index in [0.717, 1.165) is 24.3 Å². The number of hydrogen-bond donors (Lipinski definition) is 2. The van der Waals surface area contributed by atoms with Crippen LogP contribution in [0, 0.1) is 0 Å². The lowest BCUT2D eigenvalue weighted by atomic mass is 9.88. The van der Waals surface area contributed by atoms with E-state index < -0.39 is 91.2 Å². The minimum absolute atomic E-state index is 0.0625. The molecule has 0 aromatic heterocycles. The number of carboxylic acids is 2. The van der Waals surface area contributed by atoms with Gasteiger partial charge in [-0.05, 0) is 44.5 Å². The normalized spacial score (nSPS) is 12.1. The van der Waals surface area contributed by atoms with Crippen LogP contribution in [0.15, 0.2) is 84.9 Å². The van der Waals surface area contributed by atoms with Gasteiger partial charge < -0.3 is 14.9 Å². The Morgan fingerprint density at radius 2 is 0.787 bits per heavy atom. The second-order valence-corrected chi connectivity index (χ2v) is 10.3. The van der Waals surface area contributed by atoms with Crippen molar-refractivity contribution in [3.05, 3.63) is 118 Å². The molecule has 0 aliphatic carbocycles. The number of fused-ring (bicyclic) bond motifs is 6. The van der Waals surface area contributed by atoms with Gasteiger partial charge in [-0.2, -0.15) is 26.3 Å². The molecule has 0 radical (unpaired) electrons. The van der Waals surface area contributed by atoms with Gasteiger partial charge in [-0.3, -0.25) is 0 Å². The first-order valence-corrected chi connectivity index (χ1v) is 13.4. The van der Waals surface area contributed by atoms with Crippen LogP contribution in [0.3, 0.4) is 0 Å². The first kappa shape index (κ1) is 31.0. The molecular formula is C34H16F6O7. The minimum Gasteiger partial charge on any atom is -0.478 e. The van der Waals surface area contributed by atoms with Crippen molar-refractivity contribution >= 4 is 67.0 Å². The van der Waals surface area contributed by atoms with Crippen LogP contribution >= 0.6 is 0 Å². The van der Waals surface area contributed by atoms with E-state index in [0.29, 0.717) is 0 Å². The van der Waals surface area contributed by atoms with E-state index in [1.165, 1.54) is 60.7 Å². The Balaban J connectivity index is 1.59. The molecule has 13 heteroatoms. The molecule has 0 aliphatic rings. The highest BCUT2D eigenvalue weighted by Gasteiger charge is 2.41.